The third-order valence-electron chi connectivity index (χ3n) is 7.69. The Bertz CT molecular complexity index is 1830. The van der Waals surface area contributed by atoms with Gasteiger partial charge in [-0.2, -0.15) is 0 Å². The highest BCUT2D eigenvalue weighted by Gasteiger charge is 2.15. The van der Waals surface area contributed by atoms with Crippen LogP contribution in [0.2, 0.25) is 5.02 Å². The van der Waals surface area contributed by atoms with Gasteiger partial charge in [-0.05, 0) is 51.9 Å². The van der Waals surface area contributed by atoms with E-state index in [1.165, 1.54) is 0 Å². The van der Waals surface area contributed by atoms with Gasteiger partial charge in [0.25, 0.3) is 5.56 Å². The van der Waals surface area contributed by atoms with Crippen LogP contribution in [0.15, 0.2) is 95.8 Å². The summed E-state index contributed by atoms with van der Waals surface area (Å²) in [6.07, 6.45) is 0.116. The average molecular weight is 595 g/mol. The Morgan fingerprint density at radius 2 is 1.60 bits per heavy atom. The fraction of sp³-hybridized carbons (Fsp3) is 0.200. The molecule has 0 bridgehead atoms. The maximum Gasteiger partial charge on any atom is 0.310 e. The maximum absolute atomic E-state index is 13.1. The lowest BCUT2D eigenvalue weighted by atomic mass is 9.97. The highest BCUT2D eigenvalue weighted by molar-refractivity contribution is 6.34. The van der Waals surface area contributed by atoms with Crippen molar-refractivity contribution in [3.63, 3.8) is 0 Å². The number of aromatic amines is 1. The van der Waals surface area contributed by atoms with Gasteiger partial charge in [0.2, 0.25) is 0 Å². The highest BCUT2D eigenvalue weighted by Crippen LogP contribution is 2.37. The Balaban J connectivity index is 1.23. The zero-order valence-corrected chi connectivity index (χ0v) is 24.3. The van der Waals surface area contributed by atoms with Crippen LogP contribution in [0.1, 0.15) is 5.56 Å². The SMILES string of the molecule is O=C(Cc1cccc(-c2cc3cc(-c4ccc(-c5ccccc5)c(O)c4)c(Cl)cc3[nH]c2=O)c1)OCCN1CCOCC1. The van der Waals surface area contributed by atoms with Crippen LogP contribution in [0, 0.1) is 0 Å². The summed E-state index contributed by atoms with van der Waals surface area (Å²) in [5.41, 5.74) is 5.42. The number of H-pyrrole nitrogens is 1. The zero-order valence-electron chi connectivity index (χ0n) is 23.5. The number of phenolic OH excluding ortho intramolecular Hbond substituents is 1. The number of aromatic nitrogens is 1. The van der Waals surface area contributed by atoms with E-state index in [-0.39, 0.29) is 23.7 Å². The molecule has 218 valence electrons. The summed E-state index contributed by atoms with van der Waals surface area (Å²) in [7, 11) is 0. The first-order valence-corrected chi connectivity index (χ1v) is 14.6. The van der Waals surface area contributed by atoms with Crippen molar-refractivity contribution in [2.24, 2.45) is 0 Å². The molecule has 1 aromatic heterocycles. The number of hydrogen-bond donors (Lipinski definition) is 2. The van der Waals surface area contributed by atoms with E-state index < -0.39 is 0 Å². The molecular weight excluding hydrogens is 564 g/mol. The summed E-state index contributed by atoms with van der Waals surface area (Å²) in [6, 6.07) is 28.0. The molecule has 5 aromatic rings. The minimum absolute atomic E-state index is 0.116. The molecule has 2 N–H and O–H groups in total. The molecule has 8 heteroatoms. The molecule has 0 aliphatic carbocycles. The smallest absolute Gasteiger partial charge is 0.310 e. The largest absolute Gasteiger partial charge is 0.507 e. The third kappa shape index (κ3) is 6.65. The van der Waals surface area contributed by atoms with Crippen molar-refractivity contribution in [1.82, 2.24) is 9.88 Å². The minimum atomic E-state index is -0.307. The Labute approximate surface area is 254 Å². The van der Waals surface area contributed by atoms with E-state index in [1.807, 2.05) is 78.9 Å². The Hall–Kier alpha value is -4.43. The van der Waals surface area contributed by atoms with E-state index in [0.717, 1.165) is 46.3 Å². The lowest BCUT2D eigenvalue weighted by Crippen LogP contribution is -2.38. The van der Waals surface area contributed by atoms with Crippen LogP contribution >= 0.6 is 11.6 Å². The fourth-order valence-electron chi connectivity index (χ4n) is 5.40. The van der Waals surface area contributed by atoms with E-state index in [1.54, 1.807) is 12.1 Å². The quantitative estimate of drug-likeness (QED) is 0.205. The second-order valence-corrected chi connectivity index (χ2v) is 11.0. The van der Waals surface area contributed by atoms with Crippen LogP contribution in [-0.4, -0.2) is 60.4 Å². The summed E-state index contributed by atoms with van der Waals surface area (Å²) < 4.78 is 10.8. The van der Waals surface area contributed by atoms with Crippen molar-refractivity contribution in [3.05, 3.63) is 112 Å². The summed E-state index contributed by atoms with van der Waals surface area (Å²) in [4.78, 5) is 30.8. The number of morpholine rings is 1. The number of carbonyl (C=O) groups is 1. The topological polar surface area (TPSA) is 91.9 Å². The summed E-state index contributed by atoms with van der Waals surface area (Å²) in [5, 5.41) is 12.0. The van der Waals surface area contributed by atoms with Gasteiger partial charge in [-0.3, -0.25) is 14.5 Å². The minimum Gasteiger partial charge on any atom is -0.507 e. The first-order chi connectivity index (χ1) is 20.9. The number of benzene rings is 4. The third-order valence-corrected chi connectivity index (χ3v) is 8.00. The van der Waals surface area contributed by atoms with Gasteiger partial charge in [0, 0.05) is 41.8 Å². The molecule has 0 unspecified atom stereocenters. The monoisotopic (exact) mass is 594 g/mol. The number of aromatic hydroxyl groups is 1. The number of hydrogen-bond acceptors (Lipinski definition) is 6. The van der Waals surface area contributed by atoms with Crippen molar-refractivity contribution in [2.75, 3.05) is 39.5 Å². The number of rotatable bonds is 8. The second-order valence-electron chi connectivity index (χ2n) is 10.6. The predicted molar refractivity (Wildman–Crippen MR) is 169 cm³/mol. The van der Waals surface area contributed by atoms with E-state index in [4.69, 9.17) is 21.1 Å². The molecule has 0 spiro atoms. The first kappa shape index (κ1) is 28.7. The molecule has 0 amide bonds. The molecule has 2 heterocycles. The number of ether oxygens (including phenoxy) is 2. The summed E-state index contributed by atoms with van der Waals surface area (Å²) >= 11 is 6.65. The normalized spacial score (nSPS) is 13.7. The number of carbonyl (C=O) groups excluding carboxylic acids is 1. The van der Waals surface area contributed by atoms with Gasteiger partial charge in [-0.1, -0.05) is 78.3 Å². The molecule has 1 saturated heterocycles. The van der Waals surface area contributed by atoms with Gasteiger partial charge in [0.05, 0.1) is 24.7 Å². The van der Waals surface area contributed by atoms with Crippen molar-refractivity contribution >= 4 is 28.5 Å². The van der Waals surface area contributed by atoms with Crippen molar-refractivity contribution < 1.29 is 19.4 Å². The number of halogens is 1. The van der Waals surface area contributed by atoms with Crippen LogP contribution in [0.25, 0.3) is 44.3 Å². The Kier molecular flexibility index (Phi) is 8.56. The van der Waals surface area contributed by atoms with E-state index in [9.17, 15) is 14.7 Å². The molecule has 1 fully saturated rings. The number of esters is 1. The van der Waals surface area contributed by atoms with E-state index in [0.29, 0.717) is 48.0 Å². The maximum atomic E-state index is 13.1. The average Bonchev–Trinajstić information content (AvgIpc) is 3.01. The molecule has 6 rings (SSSR count). The van der Waals surface area contributed by atoms with Gasteiger partial charge in [-0.15, -0.1) is 0 Å². The molecule has 1 aliphatic heterocycles. The Morgan fingerprint density at radius 1 is 0.860 bits per heavy atom. The van der Waals surface area contributed by atoms with Gasteiger partial charge in [0.1, 0.15) is 12.4 Å². The van der Waals surface area contributed by atoms with E-state index >= 15 is 0 Å². The summed E-state index contributed by atoms with van der Waals surface area (Å²) in [6.45, 7) is 4.11. The molecule has 43 heavy (non-hydrogen) atoms. The van der Waals surface area contributed by atoms with Crippen LogP contribution in [-0.2, 0) is 20.7 Å². The van der Waals surface area contributed by atoms with Crippen LogP contribution in [0.4, 0.5) is 0 Å². The first-order valence-electron chi connectivity index (χ1n) is 14.2. The van der Waals surface area contributed by atoms with Crippen molar-refractivity contribution in [1.29, 1.82) is 0 Å². The van der Waals surface area contributed by atoms with Gasteiger partial charge >= 0.3 is 5.97 Å². The summed E-state index contributed by atoms with van der Waals surface area (Å²) in [5.74, 6) is -0.155. The molecule has 4 aromatic carbocycles. The number of pyridine rings is 1. The van der Waals surface area contributed by atoms with E-state index in [2.05, 4.69) is 9.88 Å². The number of nitrogens with zero attached hydrogens (tertiary/aromatic N) is 1. The zero-order chi connectivity index (χ0) is 29.8. The molecule has 0 saturated carbocycles. The fourth-order valence-corrected chi connectivity index (χ4v) is 5.68. The molecule has 0 radical (unpaired) electrons. The number of fused-ring (bicyclic) bond motifs is 1. The Morgan fingerprint density at radius 3 is 2.40 bits per heavy atom. The van der Waals surface area contributed by atoms with Crippen LogP contribution in [0.3, 0.4) is 0 Å². The van der Waals surface area contributed by atoms with Gasteiger partial charge in [-0.25, -0.2) is 0 Å². The van der Waals surface area contributed by atoms with Crippen LogP contribution < -0.4 is 5.56 Å². The lowest BCUT2D eigenvalue weighted by molar-refractivity contribution is -0.143. The standard InChI is InChI=1S/C35H31ClN2O5/c36-31-22-32-27(19-29(31)26-9-10-28(33(39)21-26)24-6-2-1-3-7-24)20-30(35(41)37-32)25-8-4-5-23(17-25)18-34(40)43-16-13-38-11-14-42-15-12-38/h1-10,17,19-22,39H,11-16,18H2,(H,37,41). The molecular formula is C35H31ClN2O5. The predicted octanol–water partition coefficient (Wildman–Crippen LogP) is 6.31. The number of nitrogens with one attached hydrogen (secondary N) is 1. The van der Waals surface area contributed by atoms with Crippen molar-refractivity contribution in [2.45, 2.75) is 6.42 Å². The second kappa shape index (κ2) is 12.8. The lowest BCUT2D eigenvalue weighted by Gasteiger charge is -2.26. The number of phenols is 1. The van der Waals surface area contributed by atoms with Gasteiger partial charge < -0.3 is 19.6 Å². The molecule has 7 nitrogen and oxygen atoms in total. The molecule has 1 aliphatic rings. The van der Waals surface area contributed by atoms with Gasteiger partial charge in [0.15, 0.2) is 0 Å². The van der Waals surface area contributed by atoms with Crippen molar-refractivity contribution in [3.8, 4) is 39.1 Å². The molecule has 0 atom stereocenters. The highest BCUT2D eigenvalue weighted by atomic mass is 35.5. The van der Waals surface area contributed by atoms with Crippen LogP contribution in [0.5, 0.6) is 5.75 Å².